The lowest BCUT2D eigenvalue weighted by Gasteiger charge is -2.30. The summed E-state index contributed by atoms with van der Waals surface area (Å²) in [6.07, 6.45) is 2.50. The molecule has 0 radical (unpaired) electrons. The number of benzene rings is 1. The van der Waals surface area contributed by atoms with Crippen LogP contribution in [0.25, 0.3) is 11.0 Å². The zero-order valence-corrected chi connectivity index (χ0v) is 14.2. The normalized spacial score (nSPS) is 15.4. The molecule has 2 amide bonds. The molecule has 7 heteroatoms. The van der Waals surface area contributed by atoms with Gasteiger partial charge in [0.25, 0.3) is 0 Å². The number of nitrogens with one attached hydrogen (secondary N) is 1. The van der Waals surface area contributed by atoms with Crippen molar-refractivity contribution in [1.29, 1.82) is 0 Å². The minimum absolute atomic E-state index is 0.103. The van der Waals surface area contributed by atoms with Crippen molar-refractivity contribution in [2.24, 2.45) is 5.92 Å². The van der Waals surface area contributed by atoms with Crippen molar-refractivity contribution in [3.63, 3.8) is 0 Å². The SMILES string of the molecule is C=CC(=O)N1CCC(C(=O)Nc2nc3cc(F)ccc3n2CC)CC1. The van der Waals surface area contributed by atoms with Crippen LogP contribution in [0.4, 0.5) is 10.3 Å². The highest BCUT2D eigenvalue weighted by Gasteiger charge is 2.27. The average Bonchev–Trinajstić information content (AvgIpc) is 2.96. The quantitative estimate of drug-likeness (QED) is 0.867. The fraction of sp³-hybridized carbons (Fsp3) is 0.389. The number of rotatable bonds is 4. The Hall–Kier alpha value is -2.70. The highest BCUT2D eigenvalue weighted by molar-refractivity contribution is 5.93. The van der Waals surface area contributed by atoms with Crippen molar-refractivity contribution in [2.75, 3.05) is 18.4 Å². The van der Waals surface area contributed by atoms with E-state index < -0.39 is 0 Å². The molecule has 3 rings (SSSR count). The number of piperidine rings is 1. The van der Waals surface area contributed by atoms with Gasteiger partial charge in [-0.15, -0.1) is 0 Å². The first-order valence-corrected chi connectivity index (χ1v) is 8.41. The van der Waals surface area contributed by atoms with Crippen LogP contribution in [0, 0.1) is 11.7 Å². The summed E-state index contributed by atoms with van der Waals surface area (Å²) < 4.78 is 15.2. The van der Waals surface area contributed by atoms with Gasteiger partial charge in [0.2, 0.25) is 17.8 Å². The highest BCUT2D eigenvalue weighted by atomic mass is 19.1. The number of nitrogens with zero attached hydrogens (tertiary/aromatic N) is 3. The summed E-state index contributed by atoms with van der Waals surface area (Å²) >= 11 is 0. The lowest BCUT2D eigenvalue weighted by Crippen LogP contribution is -2.40. The van der Waals surface area contributed by atoms with E-state index in [0.717, 1.165) is 5.52 Å². The largest absolute Gasteiger partial charge is 0.339 e. The number of fused-ring (bicyclic) bond motifs is 1. The van der Waals surface area contributed by atoms with E-state index in [2.05, 4.69) is 16.9 Å². The van der Waals surface area contributed by atoms with E-state index in [1.807, 2.05) is 11.5 Å². The van der Waals surface area contributed by atoms with Crippen LogP contribution in [0.5, 0.6) is 0 Å². The maximum absolute atomic E-state index is 13.4. The summed E-state index contributed by atoms with van der Waals surface area (Å²) in [5, 5.41) is 2.86. The maximum Gasteiger partial charge on any atom is 0.245 e. The lowest BCUT2D eigenvalue weighted by atomic mass is 9.96. The molecule has 1 fully saturated rings. The summed E-state index contributed by atoms with van der Waals surface area (Å²) in [6, 6.07) is 4.40. The number of likely N-dealkylation sites (tertiary alicyclic amines) is 1. The minimum Gasteiger partial charge on any atom is -0.339 e. The zero-order valence-electron chi connectivity index (χ0n) is 14.2. The number of carbonyl (C=O) groups is 2. The Balaban J connectivity index is 1.72. The molecule has 132 valence electrons. The van der Waals surface area contributed by atoms with Gasteiger partial charge in [-0.1, -0.05) is 6.58 Å². The predicted molar refractivity (Wildman–Crippen MR) is 93.5 cm³/mol. The smallest absolute Gasteiger partial charge is 0.245 e. The van der Waals surface area contributed by atoms with Crippen molar-refractivity contribution < 1.29 is 14.0 Å². The molecule has 1 aromatic carbocycles. The van der Waals surface area contributed by atoms with Gasteiger partial charge in [0.05, 0.1) is 11.0 Å². The average molecular weight is 344 g/mol. The molecule has 1 saturated heterocycles. The molecule has 6 nitrogen and oxygen atoms in total. The predicted octanol–water partition coefficient (Wildman–Crippen LogP) is 2.56. The monoisotopic (exact) mass is 344 g/mol. The van der Waals surface area contributed by atoms with Gasteiger partial charge in [0, 0.05) is 31.6 Å². The first kappa shape index (κ1) is 17.1. The van der Waals surface area contributed by atoms with Crippen LogP contribution in [0.15, 0.2) is 30.9 Å². The Labute approximate surface area is 145 Å². The van der Waals surface area contributed by atoms with E-state index in [4.69, 9.17) is 0 Å². The Morgan fingerprint density at radius 2 is 2.12 bits per heavy atom. The standard InChI is InChI=1S/C18H21FN4O2/c1-3-16(24)22-9-7-12(8-10-22)17(25)21-18-20-14-11-13(19)5-6-15(14)23(18)4-2/h3,5-6,11-12H,1,4,7-10H2,2H3,(H,20,21,25). The first-order chi connectivity index (χ1) is 12.0. The van der Waals surface area contributed by atoms with Gasteiger partial charge < -0.3 is 9.47 Å². The Morgan fingerprint density at radius 3 is 2.76 bits per heavy atom. The van der Waals surface area contributed by atoms with E-state index in [1.54, 1.807) is 11.0 Å². The molecule has 2 aromatic rings. The van der Waals surface area contributed by atoms with Gasteiger partial charge in [0.15, 0.2) is 0 Å². The molecular formula is C18H21FN4O2. The molecule has 0 bridgehead atoms. The third-order valence-corrected chi connectivity index (χ3v) is 4.61. The number of imidazole rings is 1. The third kappa shape index (κ3) is 3.40. The molecule has 2 heterocycles. The van der Waals surface area contributed by atoms with Crippen LogP contribution >= 0.6 is 0 Å². The zero-order chi connectivity index (χ0) is 18.0. The van der Waals surface area contributed by atoms with Crippen LogP contribution in [0.2, 0.25) is 0 Å². The molecule has 1 N–H and O–H groups in total. The summed E-state index contributed by atoms with van der Waals surface area (Å²) in [6.45, 7) is 7.12. The van der Waals surface area contributed by atoms with Gasteiger partial charge in [-0.05, 0) is 38.0 Å². The molecule has 0 unspecified atom stereocenters. The van der Waals surface area contributed by atoms with E-state index in [-0.39, 0.29) is 23.5 Å². The first-order valence-electron chi connectivity index (χ1n) is 8.41. The van der Waals surface area contributed by atoms with Crippen molar-refractivity contribution >= 4 is 28.8 Å². The second-order valence-corrected chi connectivity index (χ2v) is 6.11. The van der Waals surface area contributed by atoms with Crippen molar-refractivity contribution in [2.45, 2.75) is 26.3 Å². The maximum atomic E-state index is 13.4. The molecular weight excluding hydrogens is 323 g/mol. The number of aryl methyl sites for hydroxylation is 1. The number of carbonyl (C=O) groups excluding carboxylic acids is 2. The lowest BCUT2D eigenvalue weighted by molar-refractivity contribution is -0.130. The molecule has 1 aliphatic heterocycles. The number of aromatic nitrogens is 2. The molecule has 0 saturated carbocycles. The molecule has 1 aliphatic rings. The minimum atomic E-state index is -0.356. The molecule has 0 spiro atoms. The van der Waals surface area contributed by atoms with Crippen LogP contribution in [-0.4, -0.2) is 39.4 Å². The van der Waals surface area contributed by atoms with Gasteiger partial charge >= 0.3 is 0 Å². The summed E-state index contributed by atoms with van der Waals surface area (Å²) in [5.74, 6) is -0.316. The van der Waals surface area contributed by atoms with E-state index in [1.165, 1.54) is 18.2 Å². The summed E-state index contributed by atoms with van der Waals surface area (Å²) in [4.78, 5) is 30.2. The van der Waals surface area contributed by atoms with Gasteiger partial charge in [-0.3, -0.25) is 14.9 Å². The summed E-state index contributed by atoms with van der Waals surface area (Å²) in [7, 11) is 0. The highest BCUT2D eigenvalue weighted by Crippen LogP contribution is 2.23. The second-order valence-electron chi connectivity index (χ2n) is 6.11. The molecule has 0 atom stereocenters. The van der Waals surface area contributed by atoms with Crippen LogP contribution in [0.1, 0.15) is 19.8 Å². The van der Waals surface area contributed by atoms with E-state index >= 15 is 0 Å². The number of halogens is 1. The van der Waals surface area contributed by atoms with Gasteiger partial charge in [0.1, 0.15) is 5.82 Å². The van der Waals surface area contributed by atoms with Crippen molar-refractivity contribution in [3.05, 3.63) is 36.7 Å². The van der Waals surface area contributed by atoms with Crippen molar-refractivity contribution in [3.8, 4) is 0 Å². The van der Waals surface area contributed by atoms with Crippen LogP contribution in [-0.2, 0) is 16.1 Å². The Bertz CT molecular complexity index is 822. The topological polar surface area (TPSA) is 67.2 Å². The molecule has 1 aromatic heterocycles. The van der Waals surface area contributed by atoms with E-state index in [0.29, 0.717) is 43.9 Å². The fourth-order valence-electron chi connectivity index (χ4n) is 3.22. The Kier molecular flexibility index (Phi) is 4.83. The van der Waals surface area contributed by atoms with Crippen LogP contribution in [0.3, 0.4) is 0 Å². The Morgan fingerprint density at radius 1 is 1.40 bits per heavy atom. The molecule has 25 heavy (non-hydrogen) atoms. The van der Waals surface area contributed by atoms with Gasteiger partial charge in [-0.2, -0.15) is 0 Å². The second kappa shape index (κ2) is 7.04. The van der Waals surface area contributed by atoms with Crippen LogP contribution < -0.4 is 5.32 Å². The third-order valence-electron chi connectivity index (χ3n) is 4.61. The van der Waals surface area contributed by atoms with E-state index in [9.17, 15) is 14.0 Å². The fourth-order valence-corrected chi connectivity index (χ4v) is 3.22. The number of amides is 2. The van der Waals surface area contributed by atoms with Crippen molar-refractivity contribution in [1.82, 2.24) is 14.5 Å². The molecule has 0 aliphatic carbocycles. The number of hydrogen-bond donors (Lipinski definition) is 1. The number of anilines is 1. The van der Waals surface area contributed by atoms with Gasteiger partial charge in [-0.25, -0.2) is 9.37 Å². The summed E-state index contributed by atoms with van der Waals surface area (Å²) in [5.41, 5.74) is 1.30. The number of hydrogen-bond acceptors (Lipinski definition) is 3.